The zero-order valence-electron chi connectivity index (χ0n) is 9.59. The van der Waals surface area contributed by atoms with Crippen molar-refractivity contribution < 1.29 is 0 Å². The van der Waals surface area contributed by atoms with Crippen LogP contribution in [-0.2, 0) is 6.42 Å². The molecule has 3 rings (SSSR count). The zero-order chi connectivity index (χ0) is 12.4. The van der Waals surface area contributed by atoms with Crippen molar-refractivity contribution in [2.45, 2.75) is 6.42 Å². The minimum atomic E-state index is 0.248. The molecular formula is C14H10N4. The maximum absolute atomic E-state index is 8.63. The van der Waals surface area contributed by atoms with Gasteiger partial charge in [0.15, 0.2) is 5.82 Å². The third kappa shape index (κ3) is 1.72. The molecule has 0 saturated heterocycles. The van der Waals surface area contributed by atoms with Crippen molar-refractivity contribution in [1.29, 1.82) is 5.26 Å². The SMILES string of the molecule is N#CCc1nc(-c2cccc3ccccc23)n[nH]1. The number of aromatic nitrogens is 3. The van der Waals surface area contributed by atoms with Crippen LogP contribution in [0.25, 0.3) is 22.2 Å². The predicted octanol–water partition coefficient (Wildman–Crippen LogP) is 2.69. The fourth-order valence-electron chi connectivity index (χ4n) is 1.99. The molecule has 3 aromatic rings. The van der Waals surface area contributed by atoms with Crippen molar-refractivity contribution in [3.05, 3.63) is 48.3 Å². The number of rotatable bonds is 2. The van der Waals surface area contributed by atoms with Crippen LogP contribution in [0, 0.1) is 11.3 Å². The Morgan fingerprint density at radius 2 is 1.94 bits per heavy atom. The van der Waals surface area contributed by atoms with E-state index in [0.717, 1.165) is 16.3 Å². The summed E-state index contributed by atoms with van der Waals surface area (Å²) in [6.45, 7) is 0. The molecule has 0 atom stereocenters. The molecule has 0 aliphatic carbocycles. The van der Waals surface area contributed by atoms with E-state index < -0.39 is 0 Å². The molecule has 0 aliphatic heterocycles. The maximum atomic E-state index is 8.63. The van der Waals surface area contributed by atoms with Crippen molar-refractivity contribution in [3.63, 3.8) is 0 Å². The number of nitriles is 1. The Bertz CT molecular complexity index is 731. The van der Waals surface area contributed by atoms with Crippen molar-refractivity contribution >= 4 is 10.8 Å². The average Bonchev–Trinajstić information content (AvgIpc) is 2.87. The zero-order valence-corrected chi connectivity index (χ0v) is 9.59. The first-order chi connectivity index (χ1) is 8.88. The first-order valence-corrected chi connectivity index (χ1v) is 5.65. The van der Waals surface area contributed by atoms with Gasteiger partial charge in [0, 0.05) is 5.56 Å². The normalized spacial score (nSPS) is 10.4. The fraction of sp³-hybridized carbons (Fsp3) is 0.0714. The topological polar surface area (TPSA) is 65.4 Å². The Hall–Kier alpha value is -2.67. The first-order valence-electron chi connectivity index (χ1n) is 5.65. The van der Waals surface area contributed by atoms with Gasteiger partial charge in [-0.3, -0.25) is 5.10 Å². The number of H-pyrrole nitrogens is 1. The quantitative estimate of drug-likeness (QED) is 0.741. The van der Waals surface area contributed by atoms with E-state index in [1.54, 1.807) is 0 Å². The molecule has 0 fully saturated rings. The molecule has 1 N–H and O–H groups in total. The minimum Gasteiger partial charge on any atom is -0.262 e. The standard InChI is InChI=1S/C14H10N4/c15-9-8-13-16-14(18-17-13)12-7-3-5-10-4-1-2-6-11(10)12/h1-7H,8H2,(H,16,17,18). The highest BCUT2D eigenvalue weighted by atomic mass is 15.2. The molecule has 4 nitrogen and oxygen atoms in total. The summed E-state index contributed by atoms with van der Waals surface area (Å²) in [5, 5.41) is 17.9. The molecule has 4 heteroatoms. The van der Waals surface area contributed by atoms with E-state index in [1.165, 1.54) is 0 Å². The van der Waals surface area contributed by atoms with Gasteiger partial charge in [0.05, 0.1) is 12.5 Å². The van der Waals surface area contributed by atoms with Crippen molar-refractivity contribution in [3.8, 4) is 17.5 Å². The number of hydrogen-bond donors (Lipinski definition) is 1. The van der Waals surface area contributed by atoms with Crippen LogP contribution in [0.2, 0.25) is 0 Å². The molecule has 0 unspecified atom stereocenters. The highest BCUT2D eigenvalue weighted by Gasteiger charge is 2.08. The summed E-state index contributed by atoms with van der Waals surface area (Å²) in [6, 6.07) is 16.2. The molecule has 0 saturated carbocycles. The lowest BCUT2D eigenvalue weighted by Gasteiger charge is -2.01. The third-order valence-corrected chi connectivity index (χ3v) is 2.81. The lowest BCUT2D eigenvalue weighted by Crippen LogP contribution is -1.85. The highest BCUT2D eigenvalue weighted by Crippen LogP contribution is 2.25. The van der Waals surface area contributed by atoms with Crippen LogP contribution in [0.1, 0.15) is 5.82 Å². The van der Waals surface area contributed by atoms with E-state index in [2.05, 4.69) is 33.4 Å². The van der Waals surface area contributed by atoms with Gasteiger partial charge in [-0.05, 0) is 10.8 Å². The van der Waals surface area contributed by atoms with Crippen LogP contribution in [-0.4, -0.2) is 15.2 Å². The second-order valence-corrected chi connectivity index (χ2v) is 3.97. The molecule has 0 amide bonds. The third-order valence-electron chi connectivity index (χ3n) is 2.81. The van der Waals surface area contributed by atoms with Crippen LogP contribution < -0.4 is 0 Å². The molecule has 1 aromatic heterocycles. The fourth-order valence-corrected chi connectivity index (χ4v) is 1.99. The molecular weight excluding hydrogens is 224 g/mol. The first kappa shape index (κ1) is 10.5. The largest absolute Gasteiger partial charge is 0.262 e. The van der Waals surface area contributed by atoms with Crippen molar-refractivity contribution in [2.24, 2.45) is 0 Å². The molecule has 86 valence electrons. The summed E-state index contributed by atoms with van der Waals surface area (Å²) < 4.78 is 0. The van der Waals surface area contributed by atoms with E-state index in [0.29, 0.717) is 11.6 Å². The summed E-state index contributed by atoms with van der Waals surface area (Å²) in [4.78, 5) is 4.33. The number of aromatic amines is 1. The van der Waals surface area contributed by atoms with Crippen LogP contribution in [0.3, 0.4) is 0 Å². The summed E-state index contributed by atoms with van der Waals surface area (Å²) in [6.07, 6.45) is 0.248. The Kier molecular flexibility index (Phi) is 2.50. The van der Waals surface area contributed by atoms with Crippen LogP contribution >= 0.6 is 0 Å². The second-order valence-electron chi connectivity index (χ2n) is 3.97. The van der Waals surface area contributed by atoms with Gasteiger partial charge in [-0.25, -0.2) is 4.98 Å². The predicted molar refractivity (Wildman–Crippen MR) is 68.6 cm³/mol. The molecule has 0 spiro atoms. The molecule has 0 aliphatic rings. The lowest BCUT2D eigenvalue weighted by atomic mass is 10.0. The molecule has 2 aromatic carbocycles. The highest BCUT2D eigenvalue weighted by molar-refractivity contribution is 5.94. The minimum absolute atomic E-state index is 0.248. The molecule has 18 heavy (non-hydrogen) atoms. The van der Waals surface area contributed by atoms with E-state index in [9.17, 15) is 0 Å². The Morgan fingerprint density at radius 3 is 2.83 bits per heavy atom. The summed E-state index contributed by atoms with van der Waals surface area (Å²) in [7, 11) is 0. The Balaban J connectivity index is 2.16. The van der Waals surface area contributed by atoms with E-state index in [1.807, 2.05) is 30.3 Å². The Morgan fingerprint density at radius 1 is 1.11 bits per heavy atom. The second kappa shape index (κ2) is 4.30. The number of hydrogen-bond acceptors (Lipinski definition) is 3. The van der Waals surface area contributed by atoms with Gasteiger partial charge in [-0.1, -0.05) is 42.5 Å². The Labute approximate surface area is 104 Å². The van der Waals surface area contributed by atoms with Crippen molar-refractivity contribution in [2.75, 3.05) is 0 Å². The maximum Gasteiger partial charge on any atom is 0.181 e. The molecule has 1 heterocycles. The van der Waals surface area contributed by atoms with E-state index in [-0.39, 0.29) is 6.42 Å². The van der Waals surface area contributed by atoms with Crippen LogP contribution in [0.15, 0.2) is 42.5 Å². The molecule has 0 radical (unpaired) electrons. The number of fused-ring (bicyclic) bond motifs is 1. The lowest BCUT2D eigenvalue weighted by molar-refractivity contribution is 0.996. The van der Waals surface area contributed by atoms with Gasteiger partial charge in [-0.15, -0.1) is 0 Å². The van der Waals surface area contributed by atoms with Gasteiger partial charge in [0.1, 0.15) is 5.82 Å². The van der Waals surface area contributed by atoms with Crippen LogP contribution in [0.5, 0.6) is 0 Å². The van der Waals surface area contributed by atoms with Gasteiger partial charge in [0.25, 0.3) is 0 Å². The van der Waals surface area contributed by atoms with Gasteiger partial charge >= 0.3 is 0 Å². The van der Waals surface area contributed by atoms with E-state index >= 15 is 0 Å². The number of benzene rings is 2. The van der Waals surface area contributed by atoms with Crippen molar-refractivity contribution in [1.82, 2.24) is 15.2 Å². The number of nitrogens with one attached hydrogen (secondary N) is 1. The summed E-state index contributed by atoms with van der Waals surface area (Å²) in [5.41, 5.74) is 0.980. The van der Waals surface area contributed by atoms with Gasteiger partial charge < -0.3 is 0 Å². The van der Waals surface area contributed by atoms with Gasteiger partial charge in [0.2, 0.25) is 0 Å². The average molecular weight is 234 g/mol. The van der Waals surface area contributed by atoms with E-state index in [4.69, 9.17) is 5.26 Å². The van der Waals surface area contributed by atoms with Gasteiger partial charge in [-0.2, -0.15) is 10.4 Å². The summed E-state index contributed by atoms with van der Waals surface area (Å²) >= 11 is 0. The number of nitrogens with zero attached hydrogens (tertiary/aromatic N) is 3. The summed E-state index contributed by atoms with van der Waals surface area (Å²) in [5.74, 6) is 1.23. The van der Waals surface area contributed by atoms with Crippen LogP contribution in [0.4, 0.5) is 0 Å². The monoisotopic (exact) mass is 234 g/mol. The smallest absolute Gasteiger partial charge is 0.181 e. The molecule has 0 bridgehead atoms.